The molecule has 2 rings (SSSR count). The second-order valence-corrected chi connectivity index (χ2v) is 6.04. The summed E-state index contributed by atoms with van der Waals surface area (Å²) < 4.78 is 0. The Morgan fingerprint density at radius 1 is 1.21 bits per heavy atom. The van der Waals surface area contributed by atoms with Crippen LogP contribution in [0.15, 0.2) is 42.2 Å². The number of hydrogen-bond donors (Lipinski definition) is 1. The molecule has 1 N–H and O–H groups in total. The van der Waals surface area contributed by atoms with Crippen LogP contribution in [0.2, 0.25) is 0 Å². The largest absolute Gasteiger partial charge is 0.308 e. The van der Waals surface area contributed by atoms with E-state index in [9.17, 15) is 0 Å². The second kappa shape index (κ2) is 5.54. The van der Waals surface area contributed by atoms with Crippen LogP contribution in [0, 0.1) is 0 Å². The predicted octanol–water partition coefficient (Wildman–Crippen LogP) is 4.03. The summed E-state index contributed by atoms with van der Waals surface area (Å²) in [6.07, 6.45) is 6.06. The van der Waals surface area contributed by atoms with Crippen molar-refractivity contribution in [3.63, 3.8) is 0 Å². The van der Waals surface area contributed by atoms with Crippen molar-refractivity contribution < 1.29 is 0 Å². The Hall–Kier alpha value is -1.67. The molecule has 100 valence electrons. The van der Waals surface area contributed by atoms with Crippen molar-refractivity contribution >= 4 is 16.8 Å². The van der Waals surface area contributed by atoms with Crippen LogP contribution in [0.3, 0.4) is 0 Å². The van der Waals surface area contributed by atoms with Gasteiger partial charge in [0.25, 0.3) is 0 Å². The summed E-state index contributed by atoms with van der Waals surface area (Å²) in [7, 11) is 0. The lowest BCUT2D eigenvalue weighted by Gasteiger charge is -2.20. The van der Waals surface area contributed by atoms with Gasteiger partial charge in [-0.3, -0.25) is 4.98 Å². The maximum Gasteiger partial charge on any atom is 0.0346 e. The fourth-order valence-corrected chi connectivity index (χ4v) is 1.98. The standard InChI is InChI=1S/C17H22N2/c1-13(10-19-17(2,3)4)9-15-12-18-11-14-7-5-6-8-16(14)15/h5-9,11-12,19H,10H2,1-4H3/b13-9-. The van der Waals surface area contributed by atoms with Crippen LogP contribution < -0.4 is 5.32 Å². The zero-order chi connectivity index (χ0) is 13.9. The van der Waals surface area contributed by atoms with Crippen molar-refractivity contribution in [2.45, 2.75) is 33.2 Å². The number of nitrogens with zero attached hydrogens (tertiary/aromatic N) is 1. The highest BCUT2D eigenvalue weighted by molar-refractivity contribution is 5.89. The highest BCUT2D eigenvalue weighted by atomic mass is 14.9. The van der Waals surface area contributed by atoms with Crippen molar-refractivity contribution in [2.24, 2.45) is 0 Å². The second-order valence-electron chi connectivity index (χ2n) is 6.04. The highest BCUT2D eigenvalue weighted by Crippen LogP contribution is 2.19. The van der Waals surface area contributed by atoms with Gasteiger partial charge in [-0.1, -0.05) is 35.9 Å². The van der Waals surface area contributed by atoms with Gasteiger partial charge < -0.3 is 5.32 Å². The van der Waals surface area contributed by atoms with Gasteiger partial charge in [0.15, 0.2) is 0 Å². The quantitative estimate of drug-likeness (QED) is 0.894. The van der Waals surface area contributed by atoms with E-state index < -0.39 is 0 Å². The minimum absolute atomic E-state index is 0.145. The molecule has 0 unspecified atom stereocenters. The molecule has 0 radical (unpaired) electrons. The van der Waals surface area contributed by atoms with E-state index in [1.165, 1.54) is 21.9 Å². The number of hydrogen-bond acceptors (Lipinski definition) is 2. The molecule has 0 spiro atoms. The number of nitrogens with one attached hydrogen (secondary N) is 1. The summed E-state index contributed by atoms with van der Waals surface area (Å²) in [5.41, 5.74) is 2.64. The third-order valence-corrected chi connectivity index (χ3v) is 3.00. The summed E-state index contributed by atoms with van der Waals surface area (Å²) in [6.45, 7) is 9.59. The third-order valence-electron chi connectivity index (χ3n) is 3.00. The van der Waals surface area contributed by atoms with Crippen molar-refractivity contribution in [3.8, 4) is 0 Å². The van der Waals surface area contributed by atoms with Crippen molar-refractivity contribution in [3.05, 3.63) is 47.8 Å². The Morgan fingerprint density at radius 3 is 2.68 bits per heavy atom. The Morgan fingerprint density at radius 2 is 1.95 bits per heavy atom. The van der Waals surface area contributed by atoms with Crippen molar-refractivity contribution in [1.29, 1.82) is 0 Å². The Kier molecular flexibility index (Phi) is 4.01. The molecule has 0 aliphatic rings. The molecule has 2 heteroatoms. The van der Waals surface area contributed by atoms with E-state index in [1.54, 1.807) is 0 Å². The molecule has 0 fully saturated rings. The molecule has 1 aromatic heterocycles. The molecule has 2 aromatic rings. The van der Waals surface area contributed by atoms with Crippen LogP contribution in [0.25, 0.3) is 16.8 Å². The summed E-state index contributed by atoms with van der Waals surface area (Å²) in [4.78, 5) is 4.31. The van der Waals surface area contributed by atoms with Gasteiger partial charge in [0.05, 0.1) is 0 Å². The minimum atomic E-state index is 0.145. The van der Waals surface area contributed by atoms with Crippen molar-refractivity contribution in [1.82, 2.24) is 10.3 Å². The van der Waals surface area contributed by atoms with Gasteiger partial charge in [-0.2, -0.15) is 0 Å². The van der Waals surface area contributed by atoms with E-state index >= 15 is 0 Å². The third kappa shape index (κ3) is 3.90. The topological polar surface area (TPSA) is 24.9 Å². The Labute approximate surface area is 115 Å². The van der Waals surface area contributed by atoms with E-state index in [2.05, 4.69) is 62.3 Å². The first-order valence-electron chi connectivity index (χ1n) is 6.71. The van der Waals surface area contributed by atoms with E-state index in [0.717, 1.165) is 6.54 Å². The molecule has 0 saturated carbocycles. The van der Waals surface area contributed by atoms with E-state index in [-0.39, 0.29) is 5.54 Å². The lowest BCUT2D eigenvalue weighted by atomic mass is 10.0. The number of benzene rings is 1. The molecule has 1 aromatic carbocycles. The van der Waals surface area contributed by atoms with Crippen LogP contribution >= 0.6 is 0 Å². The maximum absolute atomic E-state index is 4.31. The molecule has 0 amide bonds. The molecular weight excluding hydrogens is 232 g/mol. The van der Waals surface area contributed by atoms with Crippen LogP contribution in [0.1, 0.15) is 33.3 Å². The SMILES string of the molecule is C/C(=C/c1cncc2ccccc12)CNC(C)(C)C. The van der Waals surface area contributed by atoms with Crippen LogP contribution in [-0.2, 0) is 0 Å². The van der Waals surface area contributed by atoms with Gasteiger partial charge in [0, 0.05) is 35.4 Å². The molecule has 19 heavy (non-hydrogen) atoms. The van der Waals surface area contributed by atoms with Gasteiger partial charge in [0.2, 0.25) is 0 Å². The first-order chi connectivity index (χ1) is 8.96. The van der Waals surface area contributed by atoms with Crippen LogP contribution in [-0.4, -0.2) is 17.1 Å². The normalized spacial score (nSPS) is 12.9. The molecule has 0 aliphatic carbocycles. The maximum atomic E-state index is 4.31. The summed E-state index contributed by atoms with van der Waals surface area (Å²) >= 11 is 0. The zero-order valence-electron chi connectivity index (χ0n) is 12.2. The smallest absolute Gasteiger partial charge is 0.0346 e. The molecular formula is C17H22N2. The minimum Gasteiger partial charge on any atom is -0.308 e. The lowest BCUT2D eigenvalue weighted by Crippen LogP contribution is -2.36. The Balaban J connectivity index is 2.25. The van der Waals surface area contributed by atoms with Gasteiger partial charge in [0.1, 0.15) is 0 Å². The molecule has 0 atom stereocenters. The molecule has 1 heterocycles. The summed E-state index contributed by atoms with van der Waals surface area (Å²) in [5.74, 6) is 0. The first kappa shape index (κ1) is 13.8. The molecule has 0 aliphatic heterocycles. The molecule has 0 bridgehead atoms. The first-order valence-corrected chi connectivity index (χ1v) is 6.71. The van der Waals surface area contributed by atoms with Gasteiger partial charge in [-0.05, 0) is 33.1 Å². The van der Waals surface area contributed by atoms with E-state index in [4.69, 9.17) is 0 Å². The van der Waals surface area contributed by atoms with E-state index in [1.807, 2.05) is 18.5 Å². The number of aromatic nitrogens is 1. The monoisotopic (exact) mass is 254 g/mol. The van der Waals surface area contributed by atoms with Gasteiger partial charge >= 0.3 is 0 Å². The highest BCUT2D eigenvalue weighted by Gasteiger charge is 2.08. The molecule has 2 nitrogen and oxygen atoms in total. The summed E-state index contributed by atoms with van der Waals surface area (Å²) in [5, 5.41) is 5.95. The molecule has 0 saturated heterocycles. The lowest BCUT2D eigenvalue weighted by molar-refractivity contribution is 0.445. The fourth-order valence-electron chi connectivity index (χ4n) is 1.98. The predicted molar refractivity (Wildman–Crippen MR) is 83.1 cm³/mol. The number of fused-ring (bicyclic) bond motifs is 1. The van der Waals surface area contributed by atoms with Crippen molar-refractivity contribution in [2.75, 3.05) is 6.54 Å². The van der Waals surface area contributed by atoms with E-state index in [0.29, 0.717) is 0 Å². The summed E-state index contributed by atoms with van der Waals surface area (Å²) in [6, 6.07) is 8.36. The zero-order valence-corrected chi connectivity index (χ0v) is 12.2. The fraction of sp³-hybridized carbons (Fsp3) is 0.353. The van der Waals surface area contributed by atoms with Crippen LogP contribution in [0.4, 0.5) is 0 Å². The number of pyridine rings is 1. The van der Waals surface area contributed by atoms with Crippen LogP contribution in [0.5, 0.6) is 0 Å². The number of rotatable bonds is 3. The average Bonchev–Trinajstić information content (AvgIpc) is 2.36. The van der Waals surface area contributed by atoms with Gasteiger partial charge in [-0.25, -0.2) is 0 Å². The average molecular weight is 254 g/mol. The Bertz CT molecular complexity index is 586. The van der Waals surface area contributed by atoms with Gasteiger partial charge in [-0.15, -0.1) is 0 Å².